The number of nitrogens with zero attached hydrogens (tertiary/aromatic N) is 1. The first-order valence-electron chi connectivity index (χ1n) is 8.22. The first kappa shape index (κ1) is 19.9. The number of nitriles is 1. The van der Waals surface area contributed by atoms with Crippen LogP contribution in [0.5, 0.6) is 0 Å². The van der Waals surface area contributed by atoms with Crippen LogP contribution in [0.1, 0.15) is 42.9 Å². The second-order valence-electron chi connectivity index (χ2n) is 6.67. The van der Waals surface area contributed by atoms with Crippen molar-refractivity contribution in [1.29, 1.82) is 5.26 Å². The normalized spacial score (nSPS) is 14.5. The Balaban J connectivity index is 2.17. The number of esters is 1. The number of carbonyl (C=O) groups is 2. The molecular formula is C19H21FN2O3S. The van der Waals surface area contributed by atoms with Gasteiger partial charge in [-0.3, -0.25) is 4.79 Å². The summed E-state index contributed by atoms with van der Waals surface area (Å²) >= 11 is 1.12. The fourth-order valence-corrected chi connectivity index (χ4v) is 3.48. The Morgan fingerprint density at radius 3 is 2.54 bits per heavy atom. The average molecular weight is 376 g/mol. The molecule has 1 amide bonds. The molecule has 0 saturated heterocycles. The predicted octanol–water partition coefficient (Wildman–Crippen LogP) is 3.95. The molecule has 138 valence electrons. The summed E-state index contributed by atoms with van der Waals surface area (Å²) in [4.78, 5) is 25.0. The first-order valence-corrected chi connectivity index (χ1v) is 9.04. The molecule has 0 saturated carbocycles. The van der Waals surface area contributed by atoms with Crippen LogP contribution >= 0.6 is 11.3 Å². The Hall–Kier alpha value is -2.46. The summed E-state index contributed by atoms with van der Waals surface area (Å²) in [6.45, 7) is 8.33. The first-order chi connectivity index (χ1) is 12.1. The highest BCUT2D eigenvalue weighted by molar-refractivity contribution is 7.21. The molecule has 1 aromatic carbocycles. The molecule has 2 atom stereocenters. The van der Waals surface area contributed by atoms with E-state index >= 15 is 0 Å². The van der Waals surface area contributed by atoms with Crippen molar-refractivity contribution in [3.8, 4) is 6.07 Å². The van der Waals surface area contributed by atoms with Gasteiger partial charge in [0, 0.05) is 10.1 Å². The quantitative estimate of drug-likeness (QED) is 0.802. The fraction of sp³-hybridized carbons (Fsp3) is 0.421. The molecule has 1 heterocycles. The lowest BCUT2D eigenvalue weighted by Crippen LogP contribution is -2.52. The summed E-state index contributed by atoms with van der Waals surface area (Å²) < 4.78 is 19.9. The van der Waals surface area contributed by atoms with Crippen LogP contribution < -0.4 is 5.32 Å². The van der Waals surface area contributed by atoms with Gasteiger partial charge in [-0.1, -0.05) is 19.9 Å². The number of halogens is 1. The van der Waals surface area contributed by atoms with Crippen molar-refractivity contribution >= 4 is 33.3 Å². The molecule has 0 unspecified atom stereocenters. The SMILES string of the molecule is Cc1c(C(=O)O[C@H](C)C(=O)N[C@](C)(C#N)C(C)C)sc2cccc(F)c12. The highest BCUT2D eigenvalue weighted by Crippen LogP contribution is 2.33. The minimum atomic E-state index is -1.08. The van der Waals surface area contributed by atoms with Crippen LogP contribution in [0.15, 0.2) is 18.2 Å². The van der Waals surface area contributed by atoms with E-state index in [0.29, 0.717) is 15.6 Å². The summed E-state index contributed by atoms with van der Waals surface area (Å²) in [6.07, 6.45) is -1.08. The Bertz CT molecular complexity index is 900. The number of nitrogens with one attached hydrogen (secondary N) is 1. The summed E-state index contributed by atoms with van der Waals surface area (Å²) in [5.74, 6) is -1.76. The maximum atomic E-state index is 14.0. The van der Waals surface area contributed by atoms with E-state index in [1.807, 2.05) is 13.8 Å². The van der Waals surface area contributed by atoms with Gasteiger partial charge in [0.05, 0.1) is 6.07 Å². The number of fused-ring (bicyclic) bond motifs is 1. The van der Waals surface area contributed by atoms with Crippen molar-refractivity contribution in [3.63, 3.8) is 0 Å². The molecular weight excluding hydrogens is 355 g/mol. The Morgan fingerprint density at radius 2 is 2.00 bits per heavy atom. The Morgan fingerprint density at radius 1 is 1.35 bits per heavy atom. The Labute approximate surface area is 155 Å². The zero-order valence-corrected chi connectivity index (χ0v) is 16.2. The van der Waals surface area contributed by atoms with Crippen molar-refractivity contribution in [2.75, 3.05) is 0 Å². The van der Waals surface area contributed by atoms with Gasteiger partial charge in [-0.2, -0.15) is 5.26 Å². The van der Waals surface area contributed by atoms with Crippen molar-refractivity contribution in [2.24, 2.45) is 5.92 Å². The molecule has 0 aliphatic carbocycles. The number of carbonyl (C=O) groups excluding carboxylic acids is 2. The largest absolute Gasteiger partial charge is 0.448 e. The highest BCUT2D eigenvalue weighted by atomic mass is 32.1. The van der Waals surface area contributed by atoms with Gasteiger partial charge in [0.2, 0.25) is 0 Å². The third-order valence-electron chi connectivity index (χ3n) is 4.51. The number of hydrogen-bond donors (Lipinski definition) is 1. The molecule has 26 heavy (non-hydrogen) atoms. The van der Waals surface area contributed by atoms with Gasteiger partial charge in [-0.05, 0) is 44.4 Å². The number of amides is 1. The number of hydrogen-bond acceptors (Lipinski definition) is 5. The zero-order chi connectivity index (χ0) is 19.6. The van der Waals surface area contributed by atoms with Crippen LogP contribution in [0.3, 0.4) is 0 Å². The summed E-state index contributed by atoms with van der Waals surface area (Å²) in [6, 6.07) is 6.71. The predicted molar refractivity (Wildman–Crippen MR) is 98.4 cm³/mol. The summed E-state index contributed by atoms with van der Waals surface area (Å²) in [5, 5.41) is 12.3. The average Bonchev–Trinajstić information content (AvgIpc) is 2.92. The van der Waals surface area contributed by atoms with Crippen LogP contribution in [-0.2, 0) is 9.53 Å². The van der Waals surface area contributed by atoms with Crippen molar-refractivity contribution in [2.45, 2.75) is 46.3 Å². The maximum Gasteiger partial charge on any atom is 0.349 e. The van der Waals surface area contributed by atoms with Crippen molar-refractivity contribution in [3.05, 3.63) is 34.5 Å². The van der Waals surface area contributed by atoms with Crippen molar-refractivity contribution < 1.29 is 18.7 Å². The van der Waals surface area contributed by atoms with E-state index in [-0.39, 0.29) is 10.8 Å². The number of ether oxygens (including phenoxy) is 1. The molecule has 0 spiro atoms. The van der Waals surface area contributed by atoms with Crippen LogP contribution in [0.25, 0.3) is 10.1 Å². The van der Waals surface area contributed by atoms with Crippen LogP contribution in [-0.4, -0.2) is 23.5 Å². The van der Waals surface area contributed by atoms with E-state index in [4.69, 9.17) is 4.74 Å². The molecule has 0 aliphatic rings. The fourth-order valence-electron chi connectivity index (χ4n) is 2.37. The van der Waals surface area contributed by atoms with Gasteiger partial charge in [0.25, 0.3) is 5.91 Å². The van der Waals surface area contributed by atoms with Crippen LogP contribution in [0.4, 0.5) is 4.39 Å². The second-order valence-corrected chi connectivity index (χ2v) is 7.73. The van der Waals surface area contributed by atoms with E-state index in [2.05, 4.69) is 11.4 Å². The summed E-state index contributed by atoms with van der Waals surface area (Å²) in [7, 11) is 0. The molecule has 0 fully saturated rings. The smallest absolute Gasteiger partial charge is 0.349 e. The topological polar surface area (TPSA) is 79.2 Å². The highest BCUT2D eigenvalue weighted by Gasteiger charge is 2.33. The van der Waals surface area contributed by atoms with Crippen LogP contribution in [0, 0.1) is 30.0 Å². The van der Waals surface area contributed by atoms with Crippen LogP contribution in [0.2, 0.25) is 0 Å². The minimum Gasteiger partial charge on any atom is -0.448 e. The summed E-state index contributed by atoms with van der Waals surface area (Å²) in [5.41, 5.74) is -0.571. The molecule has 2 rings (SSSR count). The monoisotopic (exact) mass is 376 g/mol. The van der Waals surface area contributed by atoms with E-state index in [1.54, 1.807) is 26.0 Å². The van der Waals surface area contributed by atoms with E-state index in [9.17, 15) is 19.2 Å². The number of thiophene rings is 1. The van der Waals surface area contributed by atoms with Gasteiger partial charge in [-0.25, -0.2) is 9.18 Å². The lowest BCUT2D eigenvalue weighted by molar-refractivity contribution is -0.130. The molecule has 2 aromatic rings. The van der Waals surface area contributed by atoms with Gasteiger partial charge < -0.3 is 10.1 Å². The van der Waals surface area contributed by atoms with E-state index in [1.165, 1.54) is 13.0 Å². The lowest BCUT2D eigenvalue weighted by atomic mass is 9.90. The van der Waals surface area contributed by atoms with Crippen molar-refractivity contribution in [1.82, 2.24) is 5.32 Å². The van der Waals surface area contributed by atoms with E-state index < -0.39 is 29.3 Å². The zero-order valence-electron chi connectivity index (χ0n) is 15.3. The van der Waals surface area contributed by atoms with Gasteiger partial charge in [0.15, 0.2) is 6.10 Å². The third kappa shape index (κ3) is 3.70. The second kappa shape index (κ2) is 7.42. The third-order valence-corrected chi connectivity index (χ3v) is 5.75. The number of rotatable bonds is 5. The molecule has 7 heteroatoms. The molecule has 0 radical (unpaired) electrons. The van der Waals surface area contributed by atoms with E-state index in [0.717, 1.165) is 11.3 Å². The number of aryl methyl sites for hydroxylation is 1. The molecule has 0 bridgehead atoms. The lowest BCUT2D eigenvalue weighted by Gasteiger charge is -2.28. The minimum absolute atomic E-state index is 0.118. The molecule has 1 aromatic heterocycles. The molecule has 0 aliphatic heterocycles. The maximum absolute atomic E-state index is 14.0. The van der Waals surface area contributed by atoms with Gasteiger partial charge in [-0.15, -0.1) is 11.3 Å². The van der Waals surface area contributed by atoms with Gasteiger partial charge >= 0.3 is 5.97 Å². The Kier molecular flexibility index (Phi) is 5.67. The van der Waals surface area contributed by atoms with Gasteiger partial charge in [0.1, 0.15) is 16.2 Å². The molecule has 5 nitrogen and oxygen atoms in total. The molecule has 1 N–H and O–H groups in total. The number of benzene rings is 1. The standard InChI is InChI=1S/C19H21FN2O3S/c1-10(2)19(5,9-21)22-17(23)12(4)25-18(24)16-11(3)15-13(20)7-6-8-14(15)26-16/h6-8,10,12H,1-5H3,(H,22,23)/t12-,19-/m1/s1.